The predicted molar refractivity (Wildman–Crippen MR) is 208 cm³/mol. The summed E-state index contributed by atoms with van der Waals surface area (Å²) in [6.45, 7) is 7.08. The first kappa shape index (κ1) is 39.6. The van der Waals surface area contributed by atoms with Gasteiger partial charge in [-0.2, -0.15) is 0 Å². The summed E-state index contributed by atoms with van der Waals surface area (Å²) in [6.07, 6.45) is -0.955. The third-order valence-corrected chi connectivity index (χ3v) is 13.6. The Labute approximate surface area is 328 Å². The fraction of sp³-hybridized carbons (Fsp3) is 0.486. The van der Waals surface area contributed by atoms with E-state index in [4.69, 9.17) is 4.74 Å². The zero-order chi connectivity index (χ0) is 38.5. The molecule has 5 heterocycles. The van der Waals surface area contributed by atoms with Gasteiger partial charge in [-0.3, -0.25) is 24.0 Å². The van der Waals surface area contributed by atoms with Crippen LogP contribution >= 0.6 is 44.3 Å². The van der Waals surface area contributed by atoms with E-state index >= 15 is 0 Å². The van der Waals surface area contributed by atoms with Crippen molar-refractivity contribution in [2.75, 3.05) is 11.5 Å². The molecule has 6 N–H and O–H groups in total. The second-order valence-electron chi connectivity index (χ2n) is 13.3. The number of carbonyl (C=O) groups excluding carboxylic acids is 5. The van der Waals surface area contributed by atoms with Crippen LogP contribution in [0.5, 0.6) is 0 Å². The monoisotopic (exact) mass is 814 g/mol. The molecule has 3 aliphatic heterocycles. The normalized spacial score (nSPS) is 28.1. The Balaban J connectivity index is 1.41. The molecule has 15 nitrogen and oxygen atoms in total. The quantitative estimate of drug-likeness (QED) is 0.206. The molecule has 1 aromatic carbocycles. The maximum atomic E-state index is 13.9. The van der Waals surface area contributed by atoms with Crippen molar-refractivity contribution in [1.82, 2.24) is 36.6 Å². The van der Waals surface area contributed by atoms with Gasteiger partial charge in [0.05, 0.1) is 18.2 Å². The lowest BCUT2D eigenvalue weighted by molar-refractivity contribution is -0.132. The fourth-order valence-corrected chi connectivity index (χ4v) is 10.2. The van der Waals surface area contributed by atoms with Crippen molar-refractivity contribution in [1.29, 1.82) is 0 Å². The van der Waals surface area contributed by atoms with Crippen LogP contribution in [-0.4, -0.2) is 98.4 Å². The van der Waals surface area contributed by atoms with Gasteiger partial charge in [0.25, 0.3) is 11.8 Å². The van der Waals surface area contributed by atoms with Gasteiger partial charge in [0.1, 0.15) is 45.6 Å². The molecule has 0 aliphatic carbocycles. The summed E-state index contributed by atoms with van der Waals surface area (Å²) in [5, 5.41) is 29.2. The molecule has 54 heavy (non-hydrogen) atoms. The molecule has 288 valence electrons. The van der Waals surface area contributed by atoms with Gasteiger partial charge >= 0.3 is 0 Å². The third-order valence-electron chi connectivity index (χ3n) is 9.31. The minimum Gasteiger partial charge on any atom is -0.474 e. The largest absolute Gasteiger partial charge is 0.474 e. The van der Waals surface area contributed by atoms with E-state index in [2.05, 4.69) is 41.5 Å². The molecule has 0 radical (unpaired) electrons. The van der Waals surface area contributed by atoms with Crippen molar-refractivity contribution in [3.05, 3.63) is 68.1 Å². The van der Waals surface area contributed by atoms with Crippen LogP contribution in [0.15, 0.2) is 46.1 Å². The van der Waals surface area contributed by atoms with E-state index in [-0.39, 0.29) is 40.6 Å². The SMILES string of the molecule is CC[C@@H](C)[C@H]1NC(=O)[C@H]2N=C(O[C@@H]2C)[C@@H]2CSSC[C@H](NC(=O)c3csc1n3)C(=O)N[C@@H]([C@@H](C)O)C(=O)N[C@H](Cc1ccccc1)c1nc(cs1)C(=O)N2. The first-order valence-corrected chi connectivity index (χ1v) is 21.8. The van der Waals surface area contributed by atoms with Crippen LogP contribution in [0.4, 0.5) is 0 Å². The molecule has 0 saturated carbocycles. The topological polar surface area (TPSA) is 213 Å². The van der Waals surface area contributed by atoms with E-state index in [0.29, 0.717) is 22.9 Å². The standard InChI is InChI=1S/C35H42N8O7S4/c1-5-16(2)25-35-40-22(13-52-35)28(45)37-23-14-53-54-15-24(33-43-27(18(4)50-33)32(49)41-25)38-29(46)21-12-51-34(39-21)20(11-19-9-7-6-8-10-19)36-31(48)26(17(3)44)42-30(23)47/h6-10,12-13,16-18,20,23-27,44H,5,11,14-15H2,1-4H3,(H,36,48)(H,37,45)(H,38,46)(H,41,49)(H,42,47)/t16-,17-,18-,20-,23+,24+,25-,26+,27+/m1/s1. The minimum absolute atomic E-state index is 0.0433. The molecule has 3 aliphatic rings. The fourth-order valence-electron chi connectivity index (χ4n) is 6.00. The number of fused-ring (bicyclic) bond motifs is 11. The second kappa shape index (κ2) is 17.6. The second-order valence-corrected chi connectivity index (χ2v) is 17.7. The highest BCUT2D eigenvalue weighted by Crippen LogP contribution is 2.31. The first-order valence-electron chi connectivity index (χ1n) is 17.6. The molecule has 9 atom stereocenters. The number of amides is 5. The first-order chi connectivity index (χ1) is 25.9. The highest BCUT2D eigenvalue weighted by molar-refractivity contribution is 8.76. The lowest BCUT2D eigenvalue weighted by Gasteiger charge is -2.26. The van der Waals surface area contributed by atoms with Gasteiger partial charge in [-0.05, 0) is 31.7 Å². The van der Waals surface area contributed by atoms with Gasteiger partial charge in [-0.25, -0.2) is 15.0 Å². The van der Waals surface area contributed by atoms with Gasteiger partial charge in [0, 0.05) is 22.3 Å². The summed E-state index contributed by atoms with van der Waals surface area (Å²) in [7, 11) is 2.53. The number of benzene rings is 1. The van der Waals surface area contributed by atoms with Crippen LogP contribution in [0.2, 0.25) is 0 Å². The molecule has 0 spiro atoms. The van der Waals surface area contributed by atoms with Crippen molar-refractivity contribution in [2.45, 2.75) is 89.0 Å². The number of nitrogens with one attached hydrogen (secondary N) is 5. The Hall–Kier alpha value is -4.04. The van der Waals surface area contributed by atoms with Crippen LogP contribution in [-0.2, 0) is 25.5 Å². The number of hydrogen-bond donors (Lipinski definition) is 6. The van der Waals surface area contributed by atoms with E-state index in [1.54, 1.807) is 17.7 Å². The lowest BCUT2D eigenvalue weighted by atomic mass is 9.99. The molecule has 0 saturated heterocycles. The van der Waals surface area contributed by atoms with Gasteiger partial charge in [0.15, 0.2) is 6.04 Å². The van der Waals surface area contributed by atoms with Gasteiger partial charge in [-0.15, -0.1) is 22.7 Å². The Kier molecular flexibility index (Phi) is 12.9. The summed E-state index contributed by atoms with van der Waals surface area (Å²) in [4.78, 5) is 82.9. The van der Waals surface area contributed by atoms with Gasteiger partial charge < -0.3 is 36.4 Å². The van der Waals surface area contributed by atoms with Gasteiger partial charge in [-0.1, -0.05) is 72.2 Å². The van der Waals surface area contributed by atoms with Crippen molar-refractivity contribution in [3.63, 3.8) is 0 Å². The summed E-state index contributed by atoms with van der Waals surface area (Å²) in [6, 6.07) is 3.84. The van der Waals surface area contributed by atoms with E-state index in [1.165, 1.54) is 51.2 Å². The molecular weight excluding hydrogens is 773 g/mol. The Morgan fingerprint density at radius 2 is 1.41 bits per heavy atom. The molecule has 3 aromatic rings. The van der Waals surface area contributed by atoms with E-state index in [0.717, 1.165) is 5.56 Å². The molecule has 2 aromatic heterocycles. The van der Waals surface area contributed by atoms with E-state index in [9.17, 15) is 29.1 Å². The average molecular weight is 815 g/mol. The zero-order valence-electron chi connectivity index (χ0n) is 29.9. The van der Waals surface area contributed by atoms with E-state index in [1.807, 2.05) is 44.2 Å². The lowest BCUT2D eigenvalue weighted by Crippen LogP contribution is -2.58. The molecular formula is C35H42N8O7S4. The van der Waals surface area contributed by atoms with Gasteiger partial charge in [0.2, 0.25) is 23.6 Å². The summed E-state index contributed by atoms with van der Waals surface area (Å²) >= 11 is 2.39. The molecule has 6 rings (SSSR count). The van der Waals surface area contributed by atoms with Crippen LogP contribution in [0.25, 0.3) is 0 Å². The summed E-state index contributed by atoms with van der Waals surface area (Å²) < 4.78 is 6.14. The number of thiazole rings is 2. The third kappa shape index (κ3) is 9.24. The Morgan fingerprint density at radius 1 is 0.796 bits per heavy atom. The number of ether oxygens (including phenoxy) is 1. The number of rotatable bonds is 5. The Bertz CT molecular complexity index is 1890. The molecule has 0 fully saturated rings. The smallest absolute Gasteiger partial charge is 0.271 e. The van der Waals surface area contributed by atoms with Crippen molar-refractivity contribution in [2.24, 2.45) is 10.9 Å². The molecule has 5 amide bonds. The highest BCUT2D eigenvalue weighted by Gasteiger charge is 2.40. The molecule has 8 bridgehead atoms. The predicted octanol–water partition coefficient (Wildman–Crippen LogP) is 2.56. The van der Waals surface area contributed by atoms with E-state index < -0.39 is 72.1 Å². The number of aromatic nitrogens is 2. The molecule has 0 unspecified atom stereocenters. The van der Waals surface area contributed by atoms with Crippen LogP contribution < -0.4 is 26.6 Å². The Morgan fingerprint density at radius 3 is 2.07 bits per heavy atom. The van der Waals surface area contributed by atoms with Crippen LogP contribution in [0, 0.1) is 5.92 Å². The number of nitrogens with zero attached hydrogens (tertiary/aromatic N) is 3. The van der Waals surface area contributed by atoms with Crippen molar-refractivity contribution in [3.8, 4) is 0 Å². The van der Waals surface area contributed by atoms with Crippen LogP contribution in [0.3, 0.4) is 0 Å². The summed E-state index contributed by atoms with van der Waals surface area (Å²) in [5.41, 5.74) is 1.05. The minimum atomic E-state index is -1.39. The average Bonchev–Trinajstić information content (AvgIpc) is 3.93. The number of aliphatic hydroxyl groups excluding tert-OH is 1. The molecule has 19 heteroatoms. The number of aliphatic hydroxyl groups is 1. The maximum Gasteiger partial charge on any atom is 0.271 e. The van der Waals surface area contributed by atoms with Crippen molar-refractivity contribution < 1.29 is 33.8 Å². The zero-order valence-corrected chi connectivity index (χ0v) is 33.2. The number of hydrogen-bond acceptors (Lipinski definition) is 14. The highest BCUT2D eigenvalue weighted by atomic mass is 33.1. The van der Waals surface area contributed by atoms with Crippen LogP contribution in [0.1, 0.15) is 82.8 Å². The maximum absolute atomic E-state index is 13.9. The van der Waals surface area contributed by atoms with Crippen molar-refractivity contribution >= 4 is 79.7 Å². The number of carbonyl (C=O) groups is 5. The number of aliphatic imine (C=N–C) groups is 1. The summed E-state index contributed by atoms with van der Waals surface area (Å²) in [5.74, 6) is -2.51.